The molecular weight excluding hydrogens is 320 g/mol. The van der Waals surface area contributed by atoms with Crippen molar-refractivity contribution in [2.75, 3.05) is 11.9 Å². The summed E-state index contributed by atoms with van der Waals surface area (Å²) >= 11 is 0. The molecule has 25 heavy (non-hydrogen) atoms. The van der Waals surface area contributed by atoms with Gasteiger partial charge >= 0.3 is 0 Å². The standard InChI is InChI=1S/C18H22N4O3/c1-13(18(23)19-14-7-3-4-8-15(14)22(24)25)21-12-6-10-17(21)16-9-5-11-20(16)2/h3-5,7-9,11,13,17H,6,10,12H2,1-2H3,(H,19,23)/t13-,17-/m1/s1. The van der Waals surface area contributed by atoms with Crippen LogP contribution in [-0.4, -0.2) is 32.9 Å². The molecule has 1 saturated heterocycles. The molecule has 0 aliphatic carbocycles. The van der Waals surface area contributed by atoms with E-state index in [1.165, 1.54) is 11.8 Å². The summed E-state index contributed by atoms with van der Waals surface area (Å²) in [6, 6.07) is 10.1. The van der Waals surface area contributed by atoms with E-state index in [4.69, 9.17) is 0 Å². The molecule has 1 aliphatic heterocycles. The van der Waals surface area contributed by atoms with Gasteiger partial charge in [0, 0.05) is 25.0 Å². The van der Waals surface area contributed by atoms with Crippen LogP contribution in [0.5, 0.6) is 0 Å². The molecule has 2 aromatic rings. The molecule has 0 saturated carbocycles. The van der Waals surface area contributed by atoms with Crippen molar-refractivity contribution in [3.8, 4) is 0 Å². The van der Waals surface area contributed by atoms with Crippen molar-refractivity contribution in [1.29, 1.82) is 0 Å². The Hall–Kier alpha value is -2.67. The van der Waals surface area contributed by atoms with Crippen molar-refractivity contribution < 1.29 is 9.72 Å². The predicted octanol–water partition coefficient (Wildman–Crippen LogP) is 3.10. The number of nitro benzene ring substituents is 1. The summed E-state index contributed by atoms with van der Waals surface area (Å²) in [5.41, 5.74) is 1.32. The Morgan fingerprint density at radius 2 is 2.08 bits per heavy atom. The normalized spacial score (nSPS) is 18.9. The van der Waals surface area contributed by atoms with Gasteiger partial charge in [-0.25, -0.2) is 0 Å². The van der Waals surface area contributed by atoms with E-state index in [2.05, 4.69) is 20.9 Å². The number of likely N-dealkylation sites (tertiary alicyclic amines) is 1. The van der Waals surface area contributed by atoms with Gasteiger partial charge in [-0.3, -0.25) is 19.8 Å². The van der Waals surface area contributed by atoms with Crippen molar-refractivity contribution in [3.63, 3.8) is 0 Å². The quantitative estimate of drug-likeness (QED) is 0.669. The Balaban J connectivity index is 1.76. The largest absolute Gasteiger partial charge is 0.353 e. The van der Waals surface area contributed by atoms with Crippen LogP contribution >= 0.6 is 0 Å². The predicted molar refractivity (Wildman–Crippen MR) is 95.3 cm³/mol. The summed E-state index contributed by atoms with van der Waals surface area (Å²) in [5, 5.41) is 13.8. The number of hydrogen-bond acceptors (Lipinski definition) is 4. The summed E-state index contributed by atoms with van der Waals surface area (Å²) in [5.74, 6) is -0.226. The molecule has 1 N–H and O–H groups in total. The van der Waals surface area contributed by atoms with Crippen molar-refractivity contribution >= 4 is 17.3 Å². The summed E-state index contributed by atoms with van der Waals surface area (Å²) in [4.78, 5) is 25.5. The number of carbonyl (C=O) groups is 1. The highest BCUT2D eigenvalue weighted by molar-refractivity contribution is 5.96. The van der Waals surface area contributed by atoms with E-state index in [9.17, 15) is 14.9 Å². The van der Waals surface area contributed by atoms with Crippen LogP contribution < -0.4 is 5.32 Å². The van der Waals surface area contributed by atoms with E-state index < -0.39 is 4.92 Å². The van der Waals surface area contributed by atoms with Crippen molar-refractivity contribution in [2.45, 2.75) is 31.8 Å². The van der Waals surface area contributed by atoms with Crippen LogP contribution in [0.3, 0.4) is 0 Å². The summed E-state index contributed by atoms with van der Waals surface area (Å²) in [6.07, 6.45) is 4.03. The number of nitrogens with one attached hydrogen (secondary N) is 1. The number of hydrogen-bond donors (Lipinski definition) is 1. The first kappa shape index (κ1) is 17.2. The number of nitro groups is 1. The minimum Gasteiger partial charge on any atom is -0.353 e. The molecule has 7 heteroatoms. The smallest absolute Gasteiger partial charge is 0.292 e. The fourth-order valence-corrected chi connectivity index (χ4v) is 3.52. The summed E-state index contributed by atoms with van der Waals surface area (Å²) in [7, 11) is 2.00. The van der Waals surface area contributed by atoms with Gasteiger partial charge in [0.05, 0.1) is 17.0 Å². The van der Waals surface area contributed by atoms with E-state index in [-0.39, 0.29) is 29.4 Å². The Morgan fingerprint density at radius 3 is 2.76 bits per heavy atom. The van der Waals surface area contributed by atoms with Crippen LogP contribution in [0.2, 0.25) is 0 Å². The number of amides is 1. The van der Waals surface area contributed by atoms with Gasteiger partial charge in [-0.05, 0) is 44.5 Å². The Morgan fingerprint density at radius 1 is 1.32 bits per heavy atom. The number of anilines is 1. The third kappa shape index (κ3) is 3.41. The maximum absolute atomic E-state index is 12.7. The lowest BCUT2D eigenvalue weighted by atomic mass is 10.1. The second kappa shape index (κ2) is 7.06. The number of rotatable bonds is 5. The molecule has 1 fully saturated rings. The molecule has 2 heterocycles. The lowest BCUT2D eigenvalue weighted by molar-refractivity contribution is -0.383. The van der Waals surface area contributed by atoms with E-state index in [0.29, 0.717) is 0 Å². The fraction of sp³-hybridized carbons (Fsp3) is 0.389. The van der Waals surface area contributed by atoms with Crippen LogP contribution in [0.25, 0.3) is 0 Å². The molecule has 0 radical (unpaired) electrons. The summed E-state index contributed by atoms with van der Waals surface area (Å²) in [6.45, 7) is 2.69. The number of carbonyl (C=O) groups excluding carboxylic acids is 1. The first-order valence-electron chi connectivity index (χ1n) is 8.40. The molecule has 7 nitrogen and oxygen atoms in total. The van der Waals surface area contributed by atoms with Crippen LogP contribution in [0, 0.1) is 10.1 Å². The Labute approximate surface area is 146 Å². The first-order chi connectivity index (χ1) is 12.0. The molecule has 1 aromatic heterocycles. The number of para-hydroxylation sites is 2. The number of nitrogens with zero attached hydrogens (tertiary/aromatic N) is 3. The molecule has 1 aliphatic rings. The molecule has 0 spiro atoms. The van der Waals surface area contributed by atoms with Crippen LogP contribution in [0.4, 0.5) is 11.4 Å². The minimum atomic E-state index is -0.483. The fourth-order valence-electron chi connectivity index (χ4n) is 3.52. The van der Waals surface area contributed by atoms with Gasteiger partial charge in [0.1, 0.15) is 5.69 Å². The SMILES string of the molecule is C[C@H](C(=O)Nc1ccccc1[N+](=O)[O-])N1CCC[C@@H]1c1cccn1C. The monoisotopic (exact) mass is 342 g/mol. The topological polar surface area (TPSA) is 80.4 Å². The number of aryl methyl sites for hydroxylation is 1. The Kier molecular flexibility index (Phi) is 4.85. The van der Waals surface area contributed by atoms with E-state index in [1.54, 1.807) is 18.2 Å². The third-order valence-corrected chi connectivity index (χ3v) is 4.86. The van der Waals surface area contributed by atoms with Crippen LogP contribution in [0.1, 0.15) is 31.5 Å². The average Bonchev–Trinajstić information content (AvgIpc) is 3.22. The highest BCUT2D eigenvalue weighted by Gasteiger charge is 2.34. The van der Waals surface area contributed by atoms with Gasteiger partial charge in [0.2, 0.25) is 5.91 Å². The second-order valence-electron chi connectivity index (χ2n) is 6.38. The maximum Gasteiger partial charge on any atom is 0.292 e. The van der Waals surface area contributed by atoms with Gasteiger partial charge in [0.15, 0.2) is 0 Å². The molecule has 0 bridgehead atoms. The third-order valence-electron chi connectivity index (χ3n) is 4.86. The molecular formula is C18H22N4O3. The molecule has 0 unspecified atom stereocenters. The molecule has 132 valence electrons. The van der Waals surface area contributed by atoms with Gasteiger partial charge < -0.3 is 9.88 Å². The minimum absolute atomic E-state index is 0.0940. The zero-order valence-corrected chi connectivity index (χ0v) is 14.4. The van der Waals surface area contributed by atoms with Gasteiger partial charge in [-0.1, -0.05) is 12.1 Å². The molecule has 3 rings (SSSR count). The van der Waals surface area contributed by atoms with E-state index in [0.717, 1.165) is 19.4 Å². The van der Waals surface area contributed by atoms with Crippen LogP contribution in [-0.2, 0) is 11.8 Å². The van der Waals surface area contributed by atoms with E-state index in [1.807, 2.05) is 26.2 Å². The number of aromatic nitrogens is 1. The molecule has 1 amide bonds. The number of benzene rings is 1. The maximum atomic E-state index is 12.7. The van der Waals surface area contributed by atoms with Crippen molar-refractivity contribution in [1.82, 2.24) is 9.47 Å². The van der Waals surface area contributed by atoms with Crippen molar-refractivity contribution in [3.05, 3.63) is 58.4 Å². The zero-order chi connectivity index (χ0) is 18.0. The van der Waals surface area contributed by atoms with E-state index >= 15 is 0 Å². The molecule has 2 atom stereocenters. The summed E-state index contributed by atoms with van der Waals surface area (Å²) < 4.78 is 2.08. The van der Waals surface area contributed by atoms with Gasteiger partial charge in [-0.2, -0.15) is 0 Å². The van der Waals surface area contributed by atoms with Crippen molar-refractivity contribution in [2.24, 2.45) is 7.05 Å². The van der Waals surface area contributed by atoms with Gasteiger partial charge in [-0.15, -0.1) is 0 Å². The van der Waals surface area contributed by atoms with Crippen LogP contribution in [0.15, 0.2) is 42.6 Å². The lowest BCUT2D eigenvalue weighted by Gasteiger charge is -2.30. The lowest BCUT2D eigenvalue weighted by Crippen LogP contribution is -2.42. The highest BCUT2D eigenvalue weighted by Crippen LogP contribution is 2.34. The first-order valence-corrected chi connectivity index (χ1v) is 8.40. The molecule has 1 aromatic carbocycles. The second-order valence-corrected chi connectivity index (χ2v) is 6.38. The zero-order valence-electron chi connectivity index (χ0n) is 14.4. The van der Waals surface area contributed by atoms with Gasteiger partial charge in [0.25, 0.3) is 5.69 Å². The highest BCUT2D eigenvalue weighted by atomic mass is 16.6. The Bertz CT molecular complexity index is 786. The average molecular weight is 342 g/mol.